The summed E-state index contributed by atoms with van der Waals surface area (Å²) >= 11 is 0. The van der Waals surface area contributed by atoms with E-state index in [-0.39, 0.29) is 23.4 Å². The van der Waals surface area contributed by atoms with Crippen LogP contribution in [0.1, 0.15) is 41.4 Å². The highest BCUT2D eigenvalue weighted by molar-refractivity contribution is 7.90. The number of fused-ring (bicyclic) bond motifs is 3. The fraction of sp³-hybridized carbons (Fsp3) is 0.600. The molecule has 0 aliphatic carbocycles. The molecular weight excluding hydrogens is 468 g/mol. The minimum Gasteiger partial charge on any atom is -0.381 e. The Hall–Kier alpha value is -2.27. The van der Waals surface area contributed by atoms with Gasteiger partial charge in [0.25, 0.3) is 5.91 Å². The first kappa shape index (κ1) is 23.1. The Balaban J connectivity index is 1.29. The number of carbonyl (C=O) groups excluding carboxylic acids is 1. The van der Waals surface area contributed by atoms with Crippen molar-refractivity contribution < 1.29 is 22.7 Å². The molecule has 188 valence electrons. The summed E-state index contributed by atoms with van der Waals surface area (Å²) in [5, 5.41) is 4.81. The molecule has 3 fully saturated rings. The molecule has 5 heterocycles. The molecule has 4 aliphatic heterocycles. The number of aromatic nitrogens is 2. The molecule has 0 atom stereocenters. The van der Waals surface area contributed by atoms with Gasteiger partial charge < -0.3 is 14.4 Å². The molecule has 6 rings (SSSR count). The molecule has 4 aliphatic rings. The highest BCUT2D eigenvalue weighted by Crippen LogP contribution is 2.42. The Morgan fingerprint density at radius 2 is 1.74 bits per heavy atom. The summed E-state index contributed by atoms with van der Waals surface area (Å²) in [6.07, 6.45) is 3.46. The number of benzene rings is 1. The zero-order chi connectivity index (χ0) is 24.0. The summed E-state index contributed by atoms with van der Waals surface area (Å²) in [6, 6.07) is 7.23. The first-order valence-corrected chi connectivity index (χ1v) is 14.3. The van der Waals surface area contributed by atoms with Crippen LogP contribution in [0.3, 0.4) is 0 Å². The van der Waals surface area contributed by atoms with Gasteiger partial charge in [0, 0.05) is 50.5 Å². The van der Waals surface area contributed by atoms with Crippen molar-refractivity contribution in [1.82, 2.24) is 19.6 Å². The highest BCUT2D eigenvalue weighted by atomic mass is 32.2. The smallest absolute Gasteiger partial charge is 0.274 e. The van der Waals surface area contributed by atoms with Crippen LogP contribution >= 0.6 is 0 Å². The van der Waals surface area contributed by atoms with Gasteiger partial charge in [-0.1, -0.05) is 18.2 Å². The molecule has 9 nitrogen and oxygen atoms in total. The first-order valence-electron chi connectivity index (χ1n) is 12.6. The Bertz CT molecular complexity index is 1210. The Morgan fingerprint density at radius 1 is 1.03 bits per heavy atom. The predicted molar refractivity (Wildman–Crippen MR) is 129 cm³/mol. The largest absolute Gasteiger partial charge is 0.381 e. The topological polar surface area (TPSA) is 94.0 Å². The fourth-order valence-electron chi connectivity index (χ4n) is 5.72. The monoisotopic (exact) mass is 500 g/mol. The van der Waals surface area contributed by atoms with Gasteiger partial charge in [0.05, 0.1) is 35.6 Å². The quantitative estimate of drug-likeness (QED) is 0.620. The molecule has 2 aromatic rings. The number of likely N-dealkylation sites (tertiary alicyclic amines) is 1. The number of ether oxygens (including phenoxy) is 2. The van der Waals surface area contributed by atoms with E-state index in [1.165, 1.54) is 6.42 Å². The molecule has 1 amide bonds. The molecule has 35 heavy (non-hydrogen) atoms. The number of sulfone groups is 1. The van der Waals surface area contributed by atoms with Gasteiger partial charge in [-0.25, -0.2) is 8.42 Å². The molecule has 10 heteroatoms. The van der Waals surface area contributed by atoms with Gasteiger partial charge in [-0.15, -0.1) is 0 Å². The van der Waals surface area contributed by atoms with Crippen LogP contribution in [0, 0.1) is 5.92 Å². The van der Waals surface area contributed by atoms with Crippen molar-refractivity contribution >= 4 is 15.7 Å². The molecule has 0 spiro atoms. The van der Waals surface area contributed by atoms with E-state index in [4.69, 9.17) is 14.6 Å². The second kappa shape index (κ2) is 9.31. The lowest BCUT2D eigenvalue weighted by Gasteiger charge is -2.41. The number of carbonyl (C=O) groups is 1. The maximum absolute atomic E-state index is 13.5. The van der Waals surface area contributed by atoms with Crippen LogP contribution in [0.15, 0.2) is 29.2 Å². The van der Waals surface area contributed by atoms with E-state index in [0.717, 1.165) is 57.3 Å². The standard InChI is InChI=1S/C25H32N4O5S/c30-25(28-9-13-34-14-10-28)23-21-17-35(31,32)22-4-2-1-3-20(22)24(21)29(26-23)19-15-27(16-19)8-5-18-6-11-33-12-7-18/h1-4,18-19H,5-17H2. The van der Waals surface area contributed by atoms with E-state index < -0.39 is 9.84 Å². The van der Waals surface area contributed by atoms with Crippen LogP contribution < -0.4 is 0 Å². The second-order valence-electron chi connectivity index (χ2n) is 10.0. The van der Waals surface area contributed by atoms with Gasteiger partial charge in [0.15, 0.2) is 15.5 Å². The third-order valence-corrected chi connectivity index (χ3v) is 9.49. The summed E-state index contributed by atoms with van der Waals surface area (Å²) in [7, 11) is -3.54. The average molecular weight is 501 g/mol. The van der Waals surface area contributed by atoms with E-state index >= 15 is 0 Å². The number of hydrogen-bond acceptors (Lipinski definition) is 7. The summed E-state index contributed by atoms with van der Waals surface area (Å²) in [5.41, 5.74) is 2.27. The number of morpholine rings is 1. The van der Waals surface area contributed by atoms with Crippen LogP contribution in [-0.2, 0) is 25.1 Å². The number of nitrogens with zero attached hydrogens (tertiary/aromatic N) is 4. The van der Waals surface area contributed by atoms with Crippen molar-refractivity contribution in [2.75, 3.05) is 59.2 Å². The van der Waals surface area contributed by atoms with E-state index in [1.54, 1.807) is 17.0 Å². The third kappa shape index (κ3) is 4.30. The second-order valence-corrected chi connectivity index (χ2v) is 12.0. The van der Waals surface area contributed by atoms with Crippen molar-refractivity contribution in [2.45, 2.75) is 36.0 Å². The zero-order valence-electron chi connectivity index (χ0n) is 19.9. The van der Waals surface area contributed by atoms with Crippen LogP contribution in [0.25, 0.3) is 11.3 Å². The van der Waals surface area contributed by atoms with Gasteiger partial charge in [-0.05, 0) is 37.8 Å². The van der Waals surface area contributed by atoms with Gasteiger partial charge in [0.1, 0.15) is 0 Å². The normalized spacial score (nSPS) is 22.9. The predicted octanol–water partition coefficient (Wildman–Crippen LogP) is 1.98. The average Bonchev–Trinajstić information content (AvgIpc) is 3.22. The Morgan fingerprint density at radius 3 is 2.51 bits per heavy atom. The lowest BCUT2D eigenvalue weighted by Crippen LogP contribution is -2.49. The Labute approximate surface area is 205 Å². The van der Waals surface area contributed by atoms with E-state index in [1.807, 2.05) is 16.8 Å². The maximum Gasteiger partial charge on any atom is 0.274 e. The van der Waals surface area contributed by atoms with Crippen LogP contribution in [0.4, 0.5) is 0 Å². The zero-order valence-corrected chi connectivity index (χ0v) is 20.7. The minimum atomic E-state index is -3.54. The van der Waals surface area contributed by atoms with Crippen molar-refractivity contribution in [2.24, 2.45) is 5.92 Å². The van der Waals surface area contributed by atoms with Crippen LogP contribution in [0.2, 0.25) is 0 Å². The summed E-state index contributed by atoms with van der Waals surface area (Å²) in [6.45, 7) is 6.47. The Kier molecular flexibility index (Phi) is 6.16. The molecule has 3 saturated heterocycles. The van der Waals surface area contributed by atoms with Gasteiger partial charge in [-0.3, -0.25) is 14.4 Å². The lowest BCUT2D eigenvalue weighted by molar-refractivity contribution is 0.0295. The summed E-state index contributed by atoms with van der Waals surface area (Å²) < 4.78 is 39.1. The fourth-order valence-corrected chi connectivity index (χ4v) is 7.32. The molecule has 0 radical (unpaired) electrons. The minimum absolute atomic E-state index is 0.124. The van der Waals surface area contributed by atoms with Gasteiger partial charge in [-0.2, -0.15) is 5.10 Å². The lowest BCUT2D eigenvalue weighted by atomic mass is 9.95. The number of hydrogen-bond donors (Lipinski definition) is 0. The highest BCUT2D eigenvalue weighted by Gasteiger charge is 2.40. The molecule has 0 unspecified atom stereocenters. The first-order chi connectivity index (χ1) is 17.0. The molecule has 0 saturated carbocycles. The van der Waals surface area contributed by atoms with Crippen molar-refractivity contribution in [1.29, 1.82) is 0 Å². The van der Waals surface area contributed by atoms with E-state index in [2.05, 4.69) is 4.90 Å². The molecule has 1 aromatic carbocycles. The molecule has 0 bridgehead atoms. The third-order valence-electron chi connectivity index (χ3n) is 7.80. The number of amides is 1. The molecule has 0 N–H and O–H groups in total. The molecular formula is C25H32N4O5S. The van der Waals surface area contributed by atoms with E-state index in [9.17, 15) is 13.2 Å². The maximum atomic E-state index is 13.5. The van der Waals surface area contributed by atoms with Crippen molar-refractivity contribution in [3.05, 3.63) is 35.5 Å². The van der Waals surface area contributed by atoms with Crippen molar-refractivity contribution in [3.63, 3.8) is 0 Å². The number of rotatable bonds is 5. The van der Waals surface area contributed by atoms with Crippen LogP contribution in [-0.4, -0.2) is 93.1 Å². The van der Waals surface area contributed by atoms with Crippen LogP contribution in [0.5, 0.6) is 0 Å². The summed E-state index contributed by atoms with van der Waals surface area (Å²) in [5.74, 6) is 0.342. The SMILES string of the molecule is O=C(c1nn(C2CN(CCC3CCOCC3)C2)c2c1CS(=O)(=O)c1ccccc1-2)N1CCOCC1. The molecule has 1 aromatic heterocycles. The van der Waals surface area contributed by atoms with Gasteiger partial charge >= 0.3 is 0 Å². The summed E-state index contributed by atoms with van der Waals surface area (Å²) in [4.78, 5) is 17.9. The van der Waals surface area contributed by atoms with Crippen molar-refractivity contribution in [3.8, 4) is 11.3 Å². The van der Waals surface area contributed by atoms with Gasteiger partial charge in [0.2, 0.25) is 0 Å². The van der Waals surface area contributed by atoms with E-state index in [0.29, 0.717) is 42.3 Å².